The SMILES string of the molecule is CCCCOC(=O)P(C)(I)(c1ccccc1)c1ccccc1. The number of hydrogen-bond donors (Lipinski definition) is 0. The molecule has 0 bridgehead atoms. The fraction of sp³-hybridized carbons (Fsp3) is 0.278. The van der Waals surface area contributed by atoms with Crippen LogP contribution >= 0.6 is 26.3 Å². The van der Waals surface area contributed by atoms with E-state index in [9.17, 15) is 4.79 Å². The van der Waals surface area contributed by atoms with Crippen LogP contribution in [0.1, 0.15) is 19.8 Å². The molecule has 0 spiro atoms. The molecule has 0 N–H and O–H groups in total. The van der Waals surface area contributed by atoms with Gasteiger partial charge in [-0.2, -0.15) is 0 Å². The summed E-state index contributed by atoms with van der Waals surface area (Å²) in [6.45, 7) is 4.66. The Hall–Kier alpha value is -0.930. The fourth-order valence-electron chi connectivity index (χ4n) is 2.38. The van der Waals surface area contributed by atoms with Crippen LogP contribution in [0.2, 0.25) is 0 Å². The first-order valence-corrected chi connectivity index (χ1v) is 13.0. The van der Waals surface area contributed by atoms with Gasteiger partial charge in [0.2, 0.25) is 0 Å². The van der Waals surface area contributed by atoms with E-state index in [2.05, 4.69) is 35.6 Å². The Labute approximate surface area is 145 Å². The zero-order valence-corrected chi connectivity index (χ0v) is 16.1. The van der Waals surface area contributed by atoms with Gasteiger partial charge in [0.1, 0.15) is 0 Å². The van der Waals surface area contributed by atoms with Crippen molar-refractivity contribution in [2.24, 2.45) is 0 Å². The predicted octanol–water partition coefficient (Wildman–Crippen LogP) is 5.11. The van der Waals surface area contributed by atoms with Crippen molar-refractivity contribution in [1.29, 1.82) is 0 Å². The second-order valence-corrected chi connectivity index (χ2v) is 17.1. The molecule has 4 heteroatoms. The Bertz CT molecular complexity index is 583. The Morgan fingerprint density at radius 2 is 1.45 bits per heavy atom. The molecular formula is C18H22IO2P. The van der Waals surface area contributed by atoms with Gasteiger partial charge >= 0.3 is 146 Å². The number of ether oxygens (including phenoxy) is 1. The van der Waals surface area contributed by atoms with Gasteiger partial charge in [-0.3, -0.25) is 0 Å². The Kier molecular flexibility index (Phi) is 5.62. The van der Waals surface area contributed by atoms with Crippen LogP contribution in [-0.2, 0) is 4.74 Å². The van der Waals surface area contributed by atoms with Crippen molar-refractivity contribution in [3.63, 3.8) is 0 Å². The van der Waals surface area contributed by atoms with Crippen LogP contribution in [0.3, 0.4) is 0 Å². The van der Waals surface area contributed by atoms with E-state index in [-0.39, 0.29) is 5.71 Å². The van der Waals surface area contributed by atoms with E-state index in [0.29, 0.717) is 6.61 Å². The number of rotatable bonds is 6. The van der Waals surface area contributed by atoms with Gasteiger partial charge in [-0.15, -0.1) is 0 Å². The normalized spacial score (nSPS) is 13.1. The maximum atomic E-state index is 13.1. The van der Waals surface area contributed by atoms with E-state index >= 15 is 0 Å². The van der Waals surface area contributed by atoms with Crippen molar-refractivity contribution < 1.29 is 9.53 Å². The third-order valence-electron chi connectivity index (χ3n) is 3.90. The Morgan fingerprint density at radius 1 is 1.00 bits per heavy atom. The average molecular weight is 428 g/mol. The van der Waals surface area contributed by atoms with E-state index in [1.807, 2.05) is 60.7 Å². The van der Waals surface area contributed by atoms with E-state index < -0.39 is 4.25 Å². The van der Waals surface area contributed by atoms with Crippen LogP contribution < -0.4 is 10.6 Å². The summed E-state index contributed by atoms with van der Waals surface area (Å²) >= 11 is 2.37. The van der Waals surface area contributed by atoms with Crippen LogP contribution in [-0.4, -0.2) is 19.0 Å². The molecule has 0 aromatic heterocycles. The van der Waals surface area contributed by atoms with E-state index in [4.69, 9.17) is 4.74 Å². The molecule has 0 aliphatic rings. The zero-order valence-electron chi connectivity index (χ0n) is 13.0. The number of carbonyl (C=O) groups is 1. The van der Waals surface area contributed by atoms with Gasteiger partial charge in [0.25, 0.3) is 0 Å². The molecule has 0 saturated heterocycles. The monoisotopic (exact) mass is 428 g/mol. The topological polar surface area (TPSA) is 26.3 Å². The van der Waals surface area contributed by atoms with Gasteiger partial charge in [0.15, 0.2) is 0 Å². The number of hydrogen-bond acceptors (Lipinski definition) is 2. The van der Waals surface area contributed by atoms with Crippen molar-refractivity contribution in [1.82, 2.24) is 0 Å². The maximum absolute atomic E-state index is 13.1. The standard InChI is InChI=1S/C18H22IO2P/c1-3-4-15-21-18(20)22(2,19,16-11-7-5-8-12-16)17-13-9-6-10-14-17/h5-14H,3-4,15H2,1-2H3. The Morgan fingerprint density at radius 3 is 1.86 bits per heavy atom. The van der Waals surface area contributed by atoms with Gasteiger partial charge in [0, 0.05) is 0 Å². The molecule has 0 amide bonds. The molecule has 2 nitrogen and oxygen atoms in total. The van der Waals surface area contributed by atoms with Gasteiger partial charge < -0.3 is 0 Å². The van der Waals surface area contributed by atoms with E-state index in [0.717, 1.165) is 23.5 Å². The van der Waals surface area contributed by atoms with Gasteiger partial charge in [-0.1, -0.05) is 0 Å². The van der Waals surface area contributed by atoms with Crippen LogP contribution in [0, 0.1) is 0 Å². The van der Waals surface area contributed by atoms with Crippen LogP contribution in [0.25, 0.3) is 0 Å². The number of carbonyl (C=O) groups excluding carboxylic acids is 1. The molecule has 0 fully saturated rings. The van der Waals surface area contributed by atoms with Crippen molar-refractivity contribution in [2.75, 3.05) is 13.3 Å². The predicted molar refractivity (Wildman–Crippen MR) is 105 cm³/mol. The molecule has 2 aromatic carbocycles. The summed E-state index contributed by atoms with van der Waals surface area (Å²) in [7, 11) is 0. The molecular weight excluding hydrogens is 406 g/mol. The molecule has 0 heterocycles. The van der Waals surface area contributed by atoms with Crippen molar-refractivity contribution in [3.05, 3.63) is 60.7 Å². The van der Waals surface area contributed by atoms with Crippen molar-refractivity contribution in [2.45, 2.75) is 19.8 Å². The molecule has 0 aliphatic carbocycles. The van der Waals surface area contributed by atoms with Gasteiger partial charge in [-0.25, -0.2) is 0 Å². The average Bonchev–Trinajstić information content (AvgIpc) is 2.57. The molecule has 0 atom stereocenters. The molecule has 22 heavy (non-hydrogen) atoms. The van der Waals surface area contributed by atoms with Crippen LogP contribution in [0.15, 0.2) is 60.7 Å². The quantitative estimate of drug-likeness (QED) is 0.363. The first kappa shape index (κ1) is 17.4. The first-order valence-electron chi connectivity index (χ1n) is 7.51. The van der Waals surface area contributed by atoms with E-state index in [1.165, 1.54) is 0 Å². The first-order chi connectivity index (χ1) is 10.5. The fourth-order valence-corrected chi connectivity index (χ4v) is 7.61. The summed E-state index contributed by atoms with van der Waals surface area (Å²) in [5.41, 5.74) is -0.0857. The molecule has 2 aromatic rings. The zero-order chi connectivity index (χ0) is 16.1. The van der Waals surface area contributed by atoms with Crippen LogP contribution in [0.4, 0.5) is 4.79 Å². The van der Waals surface area contributed by atoms with Gasteiger partial charge in [-0.05, 0) is 0 Å². The minimum absolute atomic E-state index is 0.0857. The number of unbranched alkanes of at least 4 members (excludes halogenated alkanes) is 1. The third kappa shape index (κ3) is 3.21. The van der Waals surface area contributed by atoms with E-state index in [1.54, 1.807) is 0 Å². The molecule has 0 saturated carbocycles. The van der Waals surface area contributed by atoms with Crippen LogP contribution in [0.5, 0.6) is 0 Å². The molecule has 118 valence electrons. The minimum atomic E-state index is -3.04. The summed E-state index contributed by atoms with van der Waals surface area (Å²) in [4.78, 5) is 13.1. The summed E-state index contributed by atoms with van der Waals surface area (Å²) in [5, 5.41) is 2.11. The molecule has 0 radical (unpaired) electrons. The summed E-state index contributed by atoms with van der Waals surface area (Å²) in [5.74, 6) is 0. The third-order valence-corrected chi connectivity index (χ3v) is 12.5. The summed E-state index contributed by atoms with van der Waals surface area (Å²) in [6.07, 6.45) is 1.92. The summed E-state index contributed by atoms with van der Waals surface area (Å²) in [6, 6.07) is 20.1. The second-order valence-electron chi connectivity index (χ2n) is 5.57. The van der Waals surface area contributed by atoms with Gasteiger partial charge in [0.05, 0.1) is 0 Å². The molecule has 2 rings (SSSR count). The summed E-state index contributed by atoms with van der Waals surface area (Å²) < 4.78 is 2.63. The van der Waals surface area contributed by atoms with Crippen molar-refractivity contribution in [3.8, 4) is 0 Å². The Balaban J connectivity index is 2.52. The molecule has 0 unspecified atom stereocenters. The molecule has 0 aliphatic heterocycles. The number of benzene rings is 2. The number of halogens is 1. The second kappa shape index (κ2) is 7.10. The van der Waals surface area contributed by atoms with Crippen molar-refractivity contribution >= 4 is 42.6 Å².